The summed E-state index contributed by atoms with van der Waals surface area (Å²) in [6.07, 6.45) is 0. The van der Waals surface area contributed by atoms with Gasteiger partial charge >= 0.3 is 0 Å². The highest BCUT2D eigenvalue weighted by molar-refractivity contribution is 6.33. The zero-order valence-electron chi connectivity index (χ0n) is 8.50. The predicted octanol–water partition coefficient (Wildman–Crippen LogP) is 1.80. The predicted molar refractivity (Wildman–Crippen MR) is 58.2 cm³/mol. The number of aliphatic hydroxyl groups excluding tert-OH is 1. The SMILES string of the molecule is COc1cc(NC(C)=O)c(Cl)cc1CO. The Balaban J connectivity index is 3.13. The molecule has 0 fully saturated rings. The minimum absolute atomic E-state index is 0.163. The number of hydrogen-bond donors (Lipinski definition) is 2. The van der Waals surface area contributed by atoms with Gasteiger partial charge in [0.15, 0.2) is 0 Å². The Morgan fingerprint density at radius 1 is 1.60 bits per heavy atom. The van der Waals surface area contributed by atoms with E-state index in [-0.39, 0.29) is 12.5 Å². The maximum absolute atomic E-state index is 10.9. The topological polar surface area (TPSA) is 58.6 Å². The van der Waals surface area contributed by atoms with Crippen LogP contribution in [0.25, 0.3) is 0 Å². The fraction of sp³-hybridized carbons (Fsp3) is 0.300. The second kappa shape index (κ2) is 5.00. The molecule has 0 aliphatic carbocycles. The van der Waals surface area contributed by atoms with Crippen LogP contribution in [0.5, 0.6) is 5.75 Å². The molecule has 0 aromatic heterocycles. The maximum Gasteiger partial charge on any atom is 0.221 e. The summed E-state index contributed by atoms with van der Waals surface area (Å²) in [5.41, 5.74) is 1.05. The summed E-state index contributed by atoms with van der Waals surface area (Å²) in [6, 6.07) is 3.14. The quantitative estimate of drug-likeness (QED) is 0.831. The average Bonchev–Trinajstić information content (AvgIpc) is 2.19. The highest BCUT2D eigenvalue weighted by Crippen LogP contribution is 2.30. The number of rotatable bonds is 3. The van der Waals surface area contributed by atoms with Crippen LogP contribution in [0.2, 0.25) is 5.02 Å². The molecule has 0 saturated heterocycles. The van der Waals surface area contributed by atoms with Crippen molar-refractivity contribution in [2.45, 2.75) is 13.5 Å². The molecule has 1 amide bonds. The molecular formula is C10H12ClNO3. The molecule has 0 heterocycles. The Labute approximate surface area is 92.8 Å². The first-order chi connectivity index (χ1) is 7.08. The number of hydrogen-bond acceptors (Lipinski definition) is 3. The zero-order chi connectivity index (χ0) is 11.4. The number of methoxy groups -OCH3 is 1. The summed E-state index contributed by atoms with van der Waals surface area (Å²) in [4.78, 5) is 10.9. The van der Waals surface area contributed by atoms with Crippen molar-refractivity contribution in [3.63, 3.8) is 0 Å². The number of benzene rings is 1. The molecule has 0 bridgehead atoms. The Hall–Kier alpha value is -1.26. The molecule has 0 aliphatic rings. The van der Waals surface area contributed by atoms with Gasteiger partial charge in [0.1, 0.15) is 5.75 Å². The third kappa shape index (κ3) is 2.84. The lowest BCUT2D eigenvalue weighted by atomic mass is 10.2. The minimum Gasteiger partial charge on any atom is -0.496 e. The smallest absolute Gasteiger partial charge is 0.221 e. The van der Waals surface area contributed by atoms with Gasteiger partial charge < -0.3 is 15.2 Å². The molecule has 5 heteroatoms. The van der Waals surface area contributed by atoms with Crippen LogP contribution >= 0.6 is 11.6 Å². The first kappa shape index (κ1) is 11.8. The van der Waals surface area contributed by atoms with E-state index in [9.17, 15) is 4.79 Å². The van der Waals surface area contributed by atoms with Gasteiger partial charge in [0.2, 0.25) is 5.91 Å². The number of amides is 1. The number of aliphatic hydroxyl groups is 1. The Bertz CT molecular complexity index is 379. The molecule has 15 heavy (non-hydrogen) atoms. The number of anilines is 1. The van der Waals surface area contributed by atoms with Crippen LogP contribution < -0.4 is 10.1 Å². The van der Waals surface area contributed by atoms with E-state index in [1.165, 1.54) is 14.0 Å². The first-order valence-electron chi connectivity index (χ1n) is 4.33. The number of carbonyl (C=O) groups excluding carboxylic acids is 1. The second-order valence-corrected chi connectivity index (χ2v) is 3.39. The molecule has 0 aliphatic heterocycles. The van der Waals surface area contributed by atoms with Crippen molar-refractivity contribution < 1.29 is 14.6 Å². The average molecular weight is 230 g/mol. The number of nitrogens with one attached hydrogen (secondary N) is 1. The highest BCUT2D eigenvalue weighted by atomic mass is 35.5. The van der Waals surface area contributed by atoms with Gasteiger partial charge in [-0.2, -0.15) is 0 Å². The molecule has 4 nitrogen and oxygen atoms in total. The standard InChI is InChI=1S/C10H12ClNO3/c1-6(14)12-9-4-10(15-2)7(5-13)3-8(9)11/h3-4,13H,5H2,1-2H3,(H,12,14). The van der Waals surface area contributed by atoms with E-state index in [0.717, 1.165) is 0 Å². The summed E-state index contributed by atoms with van der Waals surface area (Å²) >= 11 is 5.90. The summed E-state index contributed by atoms with van der Waals surface area (Å²) in [7, 11) is 1.49. The lowest BCUT2D eigenvalue weighted by molar-refractivity contribution is -0.114. The summed E-state index contributed by atoms with van der Waals surface area (Å²) in [5.74, 6) is 0.279. The van der Waals surface area contributed by atoms with Crippen molar-refractivity contribution in [2.75, 3.05) is 12.4 Å². The highest BCUT2D eigenvalue weighted by Gasteiger charge is 2.09. The van der Waals surface area contributed by atoms with Crippen molar-refractivity contribution in [3.8, 4) is 5.75 Å². The summed E-state index contributed by atoms with van der Waals surface area (Å²) in [5, 5.41) is 12.0. The number of halogens is 1. The molecule has 0 atom stereocenters. The minimum atomic E-state index is -0.212. The lowest BCUT2D eigenvalue weighted by Crippen LogP contribution is -2.07. The fourth-order valence-electron chi connectivity index (χ4n) is 1.19. The van der Waals surface area contributed by atoms with Crippen LogP contribution in [0.15, 0.2) is 12.1 Å². The van der Waals surface area contributed by atoms with E-state index in [4.69, 9.17) is 21.4 Å². The van der Waals surface area contributed by atoms with Gasteiger partial charge in [-0.1, -0.05) is 11.6 Å². The van der Waals surface area contributed by atoms with Crippen LogP contribution in [0, 0.1) is 0 Å². The Kier molecular flexibility index (Phi) is 3.94. The monoisotopic (exact) mass is 229 g/mol. The third-order valence-electron chi connectivity index (χ3n) is 1.85. The van der Waals surface area contributed by atoms with Crippen molar-refractivity contribution >= 4 is 23.2 Å². The van der Waals surface area contributed by atoms with Crippen molar-refractivity contribution in [1.29, 1.82) is 0 Å². The van der Waals surface area contributed by atoms with Crippen LogP contribution in [-0.2, 0) is 11.4 Å². The molecule has 1 rings (SSSR count). The van der Waals surface area contributed by atoms with Gasteiger partial charge in [0, 0.05) is 18.6 Å². The molecule has 1 aromatic carbocycles. The molecule has 1 aromatic rings. The number of ether oxygens (including phenoxy) is 1. The van der Waals surface area contributed by atoms with Crippen molar-refractivity contribution in [2.24, 2.45) is 0 Å². The summed E-state index contributed by atoms with van der Waals surface area (Å²) < 4.78 is 5.04. The molecule has 82 valence electrons. The van der Waals surface area contributed by atoms with Crippen molar-refractivity contribution in [3.05, 3.63) is 22.7 Å². The van der Waals surface area contributed by atoms with Crippen molar-refractivity contribution in [1.82, 2.24) is 0 Å². The normalized spacial score (nSPS) is 9.87. The van der Waals surface area contributed by atoms with Gasteiger partial charge in [-0.15, -0.1) is 0 Å². The summed E-state index contributed by atoms with van der Waals surface area (Å²) in [6.45, 7) is 1.23. The van der Waals surface area contributed by atoms with Gasteiger partial charge in [-0.3, -0.25) is 4.79 Å². The van der Waals surface area contributed by atoms with Crippen LogP contribution in [-0.4, -0.2) is 18.1 Å². The zero-order valence-corrected chi connectivity index (χ0v) is 9.26. The van der Waals surface area contributed by atoms with Gasteiger partial charge in [-0.25, -0.2) is 0 Å². The van der Waals surface area contributed by atoms with E-state index in [1.54, 1.807) is 12.1 Å². The van der Waals surface area contributed by atoms with Crippen LogP contribution in [0.4, 0.5) is 5.69 Å². The second-order valence-electron chi connectivity index (χ2n) is 2.98. The third-order valence-corrected chi connectivity index (χ3v) is 2.16. The molecule has 2 N–H and O–H groups in total. The van der Waals surface area contributed by atoms with E-state index in [2.05, 4.69) is 5.32 Å². The Morgan fingerprint density at radius 2 is 2.27 bits per heavy atom. The molecule has 0 radical (unpaired) electrons. The van der Waals surface area contributed by atoms with Gasteiger partial charge in [-0.05, 0) is 6.07 Å². The lowest BCUT2D eigenvalue weighted by Gasteiger charge is -2.11. The van der Waals surface area contributed by atoms with Crippen LogP contribution in [0.1, 0.15) is 12.5 Å². The van der Waals surface area contributed by atoms with E-state index in [0.29, 0.717) is 22.0 Å². The van der Waals surface area contributed by atoms with Crippen LogP contribution in [0.3, 0.4) is 0 Å². The van der Waals surface area contributed by atoms with Gasteiger partial charge in [0.25, 0.3) is 0 Å². The Morgan fingerprint density at radius 3 is 2.73 bits per heavy atom. The van der Waals surface area contributed by atoms with E-state index in [1.807, 2.05) is 0 Å². The fourth-order valence-corrected chi connectivity index (χ4v) is 1.43. The largest absolute Gasteiger partial charge is 0.496 e. The molecule has 0 spiro atoms. The maximum atomic E-state index is 10.9. The molecule has 0 saturated carbocycles. The molecular weight excluding hydrogens is 218 g/mol. The first-order valence-corrected chi connectivity index (χ1v) is 4.71. The van der Waals surface area contributed by atoms with E-state index >= 15 is 0 Å². The molecule has 0 unspecified atom stereocenters. The van der Waals surface area contributed by atoms with Gasteiger partial charge in [0.05, 0.1) is 24.4 Å². The number of carbonyl (C=O) groups is 1. The van der Waals surface area contributed by atoms with E-state index < -0.39 is 0 Å².